The zero-order valence-corrected chi connectivity index (χ0v) is 16.8. The van der Waals surface area contributed by atoms with Crippen molar-refractivity contribution in [2.24, 2.45) is 0 Å². The molecule has 0 radical (unpaired) electrons. The summed E-state index contributed by atoms with van der Waals surface area (Å²) in [5, 5.41) is 1.20. The number of fused-ring (bicyclic) bond motifs is 1. The molecule has 0 amide bonds. The molecule has 1 heterocycles. The van der Waals surface area contributed by atoms with Gasteiger partial charge < -0.3 is 4.74 Å². The highest BCUT2D eigenvalue weighted by molar-refractivity contribution is 8.08. The minimum atomic E-state index is 0.297. The van der Waals surface area contributed by atoms with E-state index in [1.54, 1.807) is 11.8 Å². The summed E-state index contributed by atoms with van der Waals surface area (Å²) in [5.41, 5.74) is 3.03. The fourth-order valence-corrected chi connectivity index (χ4v) is 4.51. The number of rotatable bonds is 5. The average molecular weight is 414 g/mol. The normalized spacial score (nSPS) is 13.0. The Labute approximate surface area is 173 Å². The van der Waals surface area contributed by atoms with Gasteiger partial charge in [-0.15, -0.1) is 0 Å². The quantitative estimate of drug-likeness (QED) is 0.447. The molecule has 27 heavy (non-hydrogen) atoms. The van der Waals surface area contributed by atoms with Crippen molar-refractivity contribution < 1.29 is 4.74 Å². The van der Waals surface area contributed by atoms with Crippen molar-refractivity contribution in [3.05, 3.63) is 93.6 Å². The first-order valence-electron chi connectivity index (χ1n) is 8.70. The van der Waals surface area contributed by atoms with E-state index in [-0.39, 0.29) is 0 Å². The Balaban J connectivity index is 1.51. The Morgan fingerprint density at radius 3 is 2.48 bits per heavy atom. The van der Waals surface area contributed by atoms with E-state index in [4.69, 9.17) is 32.9 Å². The zero-order chi connectivity index (χ0) is 18.6. The van der Waals surface area contributed by atoms with Crippen LogP contribution in [-0.4, -0.2) is 4.98 Å². The minimum Gasteiger partial charge on any atom is -0.473 e. The topological polar surface area (TPSA) is 22.1 Å². The van der Waals surface area contributed by atoms with Crippen molar-refractivity contribution in [2.45, 2.75) is 24.3 Å². The fraction of sp³-hybridized carbons (Fsp3) is 0.136. The second kappa shape index (κ2) is 8.39. The van der Waals surface area contributed by atoms with E-state index < -0.39 is 0 Å². The van der Waals surface area contributed by atoms with Gasteiger partial charge in [0.15, 0.2) is 0 Å². The molecule has 0 spiro atoms. The number of aryl methyl sites for hydroxylation is 1. The maximum atomic E-state index is 6.21. The van der Waals surface area contributed by atoms with Gasteiger partial charge in [0.1, 0.15) is 6.61 Å². The maximum absolute atomic E-state index is 6.21. The van der Waals surface area contributed by atoms with Crippen LogP contribution in [0.5, 0.6) is 5.88 Å². The van der Waals surface area contributed by atoms with E-state index in [1.165, 1.54) is 15.4 Å². The molecule has 4 rings (SSSR count). The number of hydrogen-bond acceptors (Lipinski definition) is 3. The molecule has 5 heteroatoms. The van der Waals surface area contributed by atoms with Crippen molar-refractivity contribution in [1.29, 1.82) is 0 Å². The van der Waals surface area contributed by atoms with Gasteiger partial charge in [0.2, 0.25) is 5.88 Å². The van der Waals surface area contributed by atoms with Crippen molar-refractivity contribution in [3.8, 4) is 5.88 Å². The van der Waals surface area contributed by atoms with Gasteiger partial charge in [-0.2, -0.15) is 0 Å². The molecule has 136 valence electrons. The van der Waals surface area contributed by atoms with Crippen LogP contribution >= 0.6 is 35.0 Å². The van der Waals surface area contributed by atoms with Crippen LogP contribution in [0.25, 0.3) is 4.91 Å². The van der Waals surface area contributed by atoms with Gasteiger partial charge in [-0.25, -0.2) is 4.98 Å². The lowest BCUT2D eigenvalue weighted by atomic mass is 10.0. The third kappa shape index (κ3) is 4.32. The van der Waals surface area contributed by atoms with Crippen molar-refractivity contribution >= 4 is 39.9 Å². The van der Waals surface area contributed by atoms with Gasteiger partial charge in [-0.05, 0) is 43.2 Å². The van der Waals surface area contributed by atoms with Crippen LogP contribution in [0.15, 0.2) is 71.6 Å². The van der Waals surface area contributed by atoms with Crippen molar-refractivity contribution in [2.75, 3.05) is 0 Å². The molecular weight excluding hydrogens is 397 g/mol. The molecule has 1 aliphatic carbocycles. The number of nitrogens with zero attached hydrogens (tertiary/aromatic N) is 1. The predicted molar refractivity (Wildman–Crippen MR) is 114 cm³/mol. The lowest BCUT2D eigenvalue weighted by Crippen LogP contribution is -2.05. The first-order chi connectivity index (χ1) is 13.2. The highest BCUT2D eigenvalue weighted by Gasteiger charge is 2.16. The van der Waals surface area contributed by atoms with Gasteiger partial charge in [0, 0.05) is 37.0 Å². The second-order valence-corrected chi connectivity index (χ2v) is 8.08. The number of pyridine rings is 1. The molecule has 0 saturated carbocycles. The molecule has 3 aromatic rings. The fourth-order valence-electron chi connectivity index (χ4n) is 2.96. The smallest absolute Gasteiger partial charge is 0.213 e. The highest BCUT2D eigenvalue weighted by atomic mass is 35.5. The van der Waals surface area contributed by atoms with Gasteiger partial charge in [0.25, 0.3) is 0 Å². The maximum Gasteiger partial charge on any atom is 0.213 e. The molecule has 0 unspecified atom stereocenters. The molecule has 1 aromatic heterocycles. The molecule has 1 aliphatic rings. The summed E-state index contributed by atoms with van der Waals surface area (Å²) < 4.78 is 5.87. The number of halogens is 2. The Kier molecular flexibility index (Phi) is 5.72. The molecule has 0 fully saturated rings. The van der Waals surface area contributed by atoms with Crippen LogP contribution in [0, 0.1) is 0 Å². The van der Waals surface area contributed by atoms with Gasteiger partial charge in [-0.3, -0.25) is 0 Å². The highest BCUT2D eigenvalue weighted by Crippen LogP contribution is 2.39. The Morgan fingerprint density at radius 1 is 0.926 bits per heavy atom. The van der Waals surface area contributed by atoms with Crippen LogP contribution in [0.2, 0.25) is 10.0 Å². The average Bonchev–Trinajstić information content (AvgIpc) is 2.68. The van der Waals surface area contributed by atoms with Crippen LogP contribution in [0.4, 0.5) is 0 Å². The van der Waals surface area contributed by atoms with Crippen LogP contribution in [0.1, 0.15) is 23.2 Å². The summed E-state index contributed by atoms with van der Waals surface area (Å²) in [6.07, 6.45) is 4.18. The zero-order valence-electron chi connectivity index (χ0n) is 14.5. The number of benzene rings is 2. The molecule has 2 nitrogen and oxygen atoms in total. The van der Waals surface area contributed by atoms with E-state index >= 15 is 0 Å². The van der Waals surface area contributed by atoms with Crippen LogP contribution < -0.4 is 4.74 Å². The predicted octanol–water partition coefficient (Wildman–Crippen LogP) is 7.05. The van der Waals surface area contributed by atoms with E-state index in [2.05, 4.69) is 36.4 Å². The SMILES string of the molecule is Clc1cccc(Cl)c1COc1ccc2c(n1)CCC=C2Sc1ccccc1. The third-order valence-electron chi connectivity index (χ3n) is 4.32. The summed E-state index contributed by atoms with van der Waals surface area (Å²) in [5.74, 6) is 0.593. The van der Waals surface area contributed by atoms with Crippen molar-refractivity contribution in [1.82, 2.24) is 4.98 Å². The monoisotopic (exact) mass is 413 g/mol. The second-order valence-electron chi connectivity index (χ2n) is 6.15. The Morgan fingerprint density at radius 2 is 1.70 bits per heavy atom. The summed E-state index contributed by atoms with van der Waals surface area (Å²) in [4.78, 5) is 7.19. The van der Waals surface area contributed by atoms with E-state index in [9.17, 15) is 0 Å². The lowest BCUT2D eigenvalue weighted by Gasteiger charge is -2.18. The van der Waals surface area contributed by atoms with Gasteiger partial charge >= 0.3 is 0 Å². The molecule has 0 N–H and O–H groups in total. The first kappa shape index (κ1) is 18.4. The summed E-state index contributed by atoms with van der Waals surface area (Å²) in [7, 11) is 0. The van der Waals surface area contributed by atoms with E-state index in [1.807, 2.05) is 30.3 Å². The summed E-state index contributed by atoms with van der Waals surface area (Å²) >= 11 is 14.2. The largest absolute Gasteiger partial charge is 0.473 e. The number of thioether (sulfide) groups is 1. The lowest BCUT2D eigenvalue weighted by molar-refractivity contribution is 0.293. The van der Waals surface area contributed by atoms with E-state index in [0.29, 0.717) is 22.5 Å². The summed E-state index contributed by atoms with van der Waals surface area (Å²) in [6.45, 7) is 0.297. The first-order valence-corrected chi connectivity index (χ1v) is 10.3. The van der Waals surface area contributed by atoms with Crippen LogP contribution in [-0.2, 0) is 13.0 Å². The van der Waals surface area contributed by atoms with Crippen molar-refractivity contribution in [3.63, 3.8) is 0 Å². The molecule has 0 bridgehead atoms. The Bertz CT molecular complexity index is 969. The van der Waals surface area contributed by atoms with Gasteiger partial charge in [0.05, 0.1) is 5.69 Å². The molecule has 0 aliphatic heterocycles. The number of ether oxygens (including phenoxy) is 1. The molecular formula is C22H17Cl2NOS. The number of allylic oxidation sites excluding steroid dienone is 1. The standard InChI is InChI=1S/C22H17Cl2NOS/c23-18-8-4-9-19(24)17(18)14-26-22-13-12-16-20(25-22)10-5-11-21(16)27-15-6-2-1-3-7-15/h1-4,6-9,11-13H,5,10,14H2. The molecule has 0 saturated heterocycles. The van der Waals surface area contributed by atoms with Crippen LogP contribution in [0.3, 0.4) is 0 Å². The molecule has 0 atom stereocenters. The Hall–Kier alpha value is -1.94. The molecule has 2 aromatic carbocycles. The van der Waals surface area contributed by atoms with Gasteiger partial charge in [-0.1, -0.05) is 65.3 Å². The minimum absolute atomic E-state index is 0.297. The summed E-state index contributed by atoms with van der Waals surface area (Å²) in [6, 6.07) is 19.8. The van der Waals surface area contributed by atoms with E-state index in [0.717, 1.165) is 24.1 Å². The number of hydrogen-bond donors (Lipinski definition) is 0. The third-order valence-corrected chi connectivity index (χ3v) is 6.14. The number of aromatic nitrogens is 1.